The van der Waals surface area contributed by atoms with E-state index < -0.39 is 46.5 Å². The summed E-state index contributed by atoms with van der Waals surface area (Å²) in [5.41, 5.74) is -1.47. The molecule has 144 valence electrons. The van der Waals surface area contributed by atoms with Crippen molar-refractivity contribution in [1.82, 2.24) is 14.8 Å². The van der Waals surface area contributed by atoms with Crippen LogP contribution in [0.5, 0.6) is 0 Å². The van der Waals surface area contributed by atoms with Crippen LogP contribution < -0.4 is 11.2 Å². The van der Waals surface area contributed by atoms with Gasteiger partial charge >= 0.3 is 17.6 Å². The SMILES string of the molecule is CCC(=O)OC[C@@H]1O[C@@H](n2nc(Br)c(=O)[nH]c2=O)[C@@H](Br)[C@@H]1OC(=O)CC. The summed E-state index contributed by atoms with van der Waals surface area (Å²) < 4.78 is 17.0. The maximum Gasteiger partial charge on any atom is 0.347 e. The number of halogens is 2. The molecule has 2 heterocycles. The lowest BCUT2D eigenvalue weighted by molar-refractivity contribution is -0.158. The smallest absolute Gasteiger partial charge is 0.347 e. The van der Waals surface area contributed by atoms with Crippen molar-refractivity contribution in [1.29, 1.82) is 0 Å². The number of carbonyl (C=O) groups is 2. The molecule has 1 N–H and O–H groups in total. The summed E-state index contributed by atoms with van der Waals surface area (Å²) in [6, 6.07) is 0. The highest BCUT2D eigenvalue weighted by Crippen LogP contribution is 2.36. The molecule has 1 aromatic heterocycles. The number of nitrogens with zero attached hydrogens (tertiary/aromatic N) is 2. The molecule has 0 saturated carbocycles. The van der Waals surface area contributed by atoms with Gasteiger partial charge in [0.15, 0.2) is 10.8 Å². The first kappa shape index (κ1) is 20.8. The number of hydrogen-bond acceptors (Lipinski definition) is 8. The normalized spacial score (nSPS) is 25.1. The van der Waals surface area contributed by atoms with Gasteiger partial charge in [-0.15, -0.1) is 0 Å². The molecule has 1 fully saturated rings. The van der Waals surface area contributed by atoms with E-state index in [0.717, 1.165) is 4.68 Å². The molecule has 0 spiro atoms. The highest BCUT2D eigenvalue weighted by atomic mass is 79.9. The molecule has 0 amide bonds. The zero-order valence-electron chi connectivity index (χ0n) is 13.9. The highest BCUT2D eigenvalue weighted by molar-refractivity contribution is 9.10. The van der Waals surface area contributed by atoms with Crippen molar-refractivity contribution in [2.45, 2.75) is 50.0 Å². The van der Waals surface area contributed by atoms with Gasteiger partial charge in [-0.25, -0.2) is 4.79 Å². The van der Waals surface area contributed by atoms with Crippen molar-refractivity contribution in [2.24, 2.45) is 0 Å². The van der Waals surface area contributed by atoms with Gasteiger partial charge in [-0.05, 0) is 15.9 Å². The molecule has 0 bridgehead atoms. The first-order chi connectivity index (χ1) is 12.3. The lowest BCUT2D eigenvalue weighted by Gasteiger charge is -2.20. The second-order valence-corrected chi connectivity index (χ2v) is 7.16. The number of carbonyl (C=O) groups excluding carboxylic acids is 2. The van der Waals surface area contributed by atoms with E-state index in [1.54, 1.807) is 13.8 Å². The second-order valence-electron chi connectivity index (χ2n) is 5.35. The van der Waals surface area contributed by atoms with E-state index >= 15 is 0 Å². The third kappa shape index (κ3) is 4.60. The molecular formula is C14H17Br2N3O7. The fraction of sp³-hybridized carbons (Fsp3) is 0.643. The monoisotopic (exact) mass is 497 g/mol. The Bertz CT molecular complexity index is 793. The Labute approximate surface area is 164 Å². The van der Waals surface area contributed by atoms with Gasteiger partial charge in [0, 0.05) is 12.8 Å². The minimum atomic E-state index is -0.990. The molecule has 10 nitrogen and oxygen atoms in total. The minimum Gasteiger partial charge on any atom is -0.463 e. The molecule has 4 atom stereocenters. The Balaban J connectivity index is 2.30. The van der Waals surface area contributed by atoms with E-state index in [4.69, 9.17) is 14.2 Å². The third-order valence-corrected chi connectivity index (χ3v) is 5.06. The van der Waals surface area contributed by atoms with Crippen LogP contribution in [0.4, 0.5) is 0 Å². The first-order valence-electron chi connectivity index (χ1n) is 7.81. The van der Waals surface area contributed by atoms with Crippen molar-refractivity contribution >= 4 is 43.8 Å². The van der Waals surface area contributed by atoms with Crippen molar-refractivity contribution < 1.29 is 23.8 Å². The topological polar surface area (TPSA) is 130 Å². The number of H-pyrrole nitrogens is 1. The van der Waals surface area contributed by atoms with E-state index in [9.17, 15) is 19.2 Å². The maximum atomic E-state index is 12.1. The summed E-state index contributed by atoms with van der Waals surface area (Å²) in [4.78, 5) is 48.1. The van der Waals surface area contributed by atoms with Crippen LogP contribution in [-0.4, -0.2) is 50.3 Å². The summed E-state index contributed by atoms with van der Waals surface area (Å²) in [5.74, 6) is -0.913. The first-order valence-corrected chi connectivity index (χ1v) is 9.52. The molecule has 1 saturated heterocycles. The molecule has 1 aliphatic heterocycles. The molecular weight excluding hydrogens is 482 g/mol. The van der Waals surface area contributed by atoms with Crippen LogP contribution in [0.25, 0.3) is 0 Å². The molecule has 1 aromatic rings. The Hall–Kier alpha value is -1.53. The number of aromatic nitrogens is 3. The Kier molecular flexibility index (Phi) is 7.12. The molecule has 26 heavy (non-hydrogen) atoms. The zero-order valence-corrected chi connectivity index (χ0v) is 17.1. The molecule has 2 rings (SSSR count). The van der Waals surface area contributed by atoms with Crippen LogP contribution in [-0.2, 0) is 23.8 Å². The van der Waals surface area contributed by atoms with Gasteiger partial charge in [0.1, 0.15) is 23.6 Å². The number of aromatic amines is 1. The molecule has 0 aliphatic carbocycles. The summed E-state index contributed by atoms with van der Waals surface area (Å²) in [5, 5.41) is 3.86. The third-order valence-electron chi connectivity index (χ3n) is 3.57. The fourth-order valence-corrected chi connectivity index (χ4v) is 3.31. The van der Waals surface area contributed by atoms with E-state index in [0.29, 0.717) is 0 Å². The van der Waals surface area contributed by atoms with Crippen LogP contribution in [0.3, 0.4) is 0 Å². The van der Waals surface area contributed by atoms with Gasteiger partial charge < -0.3 is 14.2 Å². The number of nitrogens with one attached hydrogen (secondary N) is 1. The molecule has 0 aromatic carbocycles. The summed E-state index contributed by atoms with van der Waals surface area (Å²) in [6.45, 7) is 3.12. The van der Waals surface area contributed by atoms with Crippen molar-refractivity contribution in [3.8, 4) is 0 Å². The number of rotatable bonds is 6. The number of esters is 2. The zero-order chi connectivity index (χ0) is 19.4. The summed E-state index contributed by atoms with van der Waals surface area (Å²) in [7, 11) is 0. The van der Waals surface area contributed by atoms with Gasteiger partial charge in [0.05, 0.1) is 0 Å². The average molecular weight is 499 g/mol. The van der Waals surface area contributed by atoms with E-state index in [2.05, 4.69) is 41.9 Å². The number of alkyl halides is 1. The van der Waals surface area contributed by atoms with E-state index in [-0.39, 0.29) is 24.1 Å². The fourth-order valence-electron chi connectivity index (χ4n) is 2.24. The maximum absolute atomic E-state index is 12.1. The predicted molar refractivity (Wildman–Crippen MR) is 94.9 cm³/mol. The summed E-state index contributed by atoms with van der Waals surface area (Å²) >= 11 is 6.31. The van der Waals surface area contributed by atoms with Gasteiger partial charge in [-0.1, -0.05) is 29.8 Å². The van der Waals surface area contributed by atoms with Crippen LogP contribution in [0.2, 0.25) is 0 Å². The van der Waals surface area contributed by atoms with Crippen molar-refractivity contribution in [2.75, 3.05) is 6.61 Å². The largest absolute Gasteiger partial charge is 0.463 e. The molecule has 0 unspecified atom stereocenters. The van der Waals surface area contributed by atoms with Gasteiger partial charge in [0.25, 0.3) is 5.56 Å². The Morgan fingerprint density at radius 3 is 2.54 bits per heavy atom. The van der Waals surface area contributed by atoms with Gasteiger partial charge in [-0.2, -0.15) is 9.78 Å². The Morgan fingerprint density at radius 2 is 1.92 bits per heavy atom. The molecule has 12 heteroatoms. The lowest BCUT2D eigenvalue weighted by atomic mass is 10.2. The molecule has 1 aliphatic rings. The minimum absolute atomic E-state index is 0.108. The summed E-state index contributed by atoms with van der Waals surface area (Å²) in [6.07, 6.45) is -2.30. The van der Waals surface area contributed by atoms with Crippen LogP contribution in [0.1, 0.15) is 32.9 Å². The average Bonchev–Trinajstić information content (AvgIpc) is 2.91. The lowest BCUT2D eigenvalue weighted by Crippen LogP contribution is -2.39. The van der Waals surface area contributed by atoms with Gasteiger partial charge in [0.2, 0.25) is 0 Å². The van der Waals surface area contributed by atoms with Crippen molar-refractivity contribution in [3.63, 3.8) is 0 Å². The quantitative estimate of drug-likeness (QED) is 0.446. The number of hydrogen-bond donors (Lipinski definition) is 1. The van der Waals surface area contributed by atoms with Crippen LogP contribution in [0.15, 0.2) is 14.2 Å². The predicted octanol–water partition coefficient (Wildman–Crippen LogP) is 0.630. The van der Waals surface area contributed by atoms with Gasteiger partial charge in [-0.3, -0.25) is 19.4 Å². The molecule has 0 radical (unpaired) electrons. The highest BCUT2D eigenvalue weighted by Gasteiger charge is 2.48. The van der Waals surface area contributed by atoms with Crippen LogP contribution in [0, 0.1) is 0 Å². The standard InChI is InChI=1S/C14H17Br2N3O7/c1-3-7(20)24-5-6-10(26-8(21)4-2)9(15)13(25-6)19-14(23)17-12(22)11(16)18-19/h6,9-10,13H,3-5H2,1-2H3,(H,17,22,23)/t6-,9-,10+,13+/m0/s1. The van der Waals surface area contributed by atoms with Crippen molar-refractivity contribution in [3.05, 3.63) is 25.4 Å². The van der Waals surface area contributed by atoms with E-state index in [1.165, 1.54) is 0 Å². The Morgan fingerprint density at radius 1 is 1.27 bits per heavy atom. The van der Waals surface area contributed by atoms with Crippen LogP contribution >= 0.6 is 31.9 Å². The second kappa shape index (κ2) is 8.91. The van der Waals surface area contributed by atoms with E-state index in [1.807, 2.05) is 0 Å². The number of ether oxygens (including phenoxy) is 3.